The quantitative estimate of drug-likeness (QED) is 0.740. The van der Waals surface area contributed by atoms with Crippen LogP contribution in [0.25, 0.3) is 0 Å². The first kappa shape index (κ1) is 20.3. The summed E-state index contributed by atoms with van der Waals surface area (Å²) in [5, 5.41) is 0. The van der Waals surface area contributed by atoms with Gasteiger partial charge in [-0.15, -0.1) is 0 Å². The molecule has 0 aromatic carbocycles. The lowest BCUT2D eigenvalue weighted by atomic mass is 9.86. The number of hydrogen-bond donors (Lipinski definition) is 2. The summed E-state index contributed by atoms with van der Waals surface area (Å²) < 4.78 is 1.34. The molecule has 1 heterocycles. The van der Waals surface area contributed by atoms with Crippen molar-refractivity contribution in [3.8, 4) is 0 Å². The number of anilines is 2. The summed E-state index contributed by atoms with van der Waals surface area (Å²) in [6.45, 7) is 2.43. The number of hydrogen-bond acceptors (Lipinski definition) is 4. The monoisotopic (exact) mass is 364 g/mol. The van der Waals surface area contributed by atoms with E-state index in [4.69, 9.17) is 5.73 Å². The predicted molar refractivity (Wildman–Crippen MR) is 104 cm³/mol. The van der Waals surface area contributed by atoms with Crippen LogP contribution in [0.15, 0.2) is 9.59 Å². The van der Waals surface area contributed by atoms with Crippen LogP contribution in [0.4, 0.5) is 11.5 Å². The number of nitrogens with one attached hydrogen (secondary N) is 1. The molecule has 0 atom stereocenters. The second kappa shape index (κ2) is 9.59. The zero-order chi connectivity index (χ0) is 19.1. The Morgan fingerprint density at radius 3 is 2.58 bits per heavy atom. The van der Waals surface area contributed by atoms with E-state index in [1.807, 2.05) is 6.92 Å². The number of H-pyrrole nitrogens is 1. The van der Waals surface area contributed by atoms with Gasteiger partial charge in [0.1, 0.15) is 5.82 Å². The van der Waals surface area contributed by atoms with Crippen molar-refractivity contribution in [1.29, 1.82) is 0 Å². The van der Waals surface area contributed by atoms with Gasteiger partial charge in [0.25, 0.3) is 5.56 Å². The highest BCUT2D eigenvalue weighted by Gasteiger charge is 2.21. The Morgan fingerprint density at radius 1 is 1.23 bits per heavy atom. The summed E-state index contributed by atoms with van der Waals surface area (Å²) in [4.78, 5) is 40.3. The normalized spacial score (nSPS) is 15.2. The molecule has 0 aliphatic heterocycles. The maximum atomic E-state index is 12.5. The van der Waals surface area contributed by atoms with Gasteiger partial charge in [-0.1, -0.05) is 45.4 Å². The number of unbranched alkanes of at least 4 members (excludes halogenated alkanes) is 1. The number of rotatable bonds is 8. The molecule has 1 fully saturated rings. The van der Waals surface area contributed by atoms with Crippen LogP contribution in [0.3, 0.4) is 0 Å². The molecule has 2 rings (SSSR count). The van der Waals surface area contributed by atoms with Crippen LogP contribution in [-0.2, 0) is 11.3 Å². The Kier molecular flexibility index (Phi) is 7.48. The molecular weight excluding hydrogens is 332 g/mol. The highest BCUT2D eigenvalue weighted by atomic mass is 16.2. The number of nitrogens with zero attached hydrogens (tertiary/aromatic N) is 2. The first-order valence-corrected chi connectivity index (χ1v) is 9.84. The van der Waals surface area contributed by atoms with Crippen molar-refractivity contribution >= 4 is 17.4 Å². The zero-order valence-corrected chi connectivity index (χ0v) is 16.1. The highest BCUT2D eigenvalue weighted by Crippen LogP contribution is 2.28. The molecule has 1 aliphatic rings. The molecular formula is C19H32N4O3. The average Bonchev–Trinajstić information content (AvgIpc) is 2.62. The number of carbonyl (C=O) groups is 1. The van der Waals surface area contributed by atoms with Crippen LogP contribution >= 0.6 is 0 Å². The first-order valence-electron chi connectivity index (χ1n) is 9.84. The van der Waals surface area contributed by atoms with Gasteiger partial charge in [0.2, 0.25) is 5.91 Å². The molecule has 3 N–H and O–H groups in total. The molecule has 1 aromatic heterocycles. The second-order valence-electron chi connectivity index (χ2n) is 7.35. The van der Waals surface area contributed by atoms with Crippen LogP contribution in [0.2, 0.25) is 0 Å². The maximum absolute atomic E-state index is 12.5. The highest BCUT2D eigenvalue weighted by molar-refractivity contribution is 5.94. The molecule has 26 heavy (non-hydrogen) atoms. The summed E-state index contributed by atoms with van der Waals surface area (Å²) in [6, 6.07) is 0. The molecule has 1 aromatic rings. The van der Waals surface area contributed by atoms with Crippen molar-refractivity contribution in [3.63, 3.8) is 0 Å². The Balaban J connectivity index is 2.04. The summed E-state index contributed by atoms with van der Waals surface area (Å²) in [5.74, 6) is 0.653. The molecule has 0 bridgehead atoms. The summed E-state index contributed by atoms with van der Waals surface area (Å²) in [6.07, 6.45) is 10.4. The number of amides is 1. The summed E-state index contributed by atoms with van der Waals surface area (Å²) in [5.41, 5.74) is 5.00. The van der Waals surface area contributed by atoms with Gasteiger partial charge >= 0.3 is 5.69 Å². The van der Waals surface area contributed by atoms with Crippen molar-refractivity contribution in [1.82, 2.24) is 9.55 Å². The Morgan fingerprint density at radius 2 is 1.92 bits per heavy atom. The standard InChI is InChI=1S/C19H32N4O3/c1-3-4-13-23-17(20)16(18(25)21-19(23)26)22(2)15(24)12-8-11-14-9-6-5-7-10-14/h14H,3-13,20H2,1-2H3,(H,21,25,26). The Bertz CT molecular complexity index is 716. The van der Waals surface area contributed by atoms with Crippen molar-refractivity contribution in [2.45, 2.75) is 77.7 Å². The fourth-order valence-corrected chi connectivity index (χ4v) is 3.75. The molecule has 146 valence electrons. The van der Waals surface area contributed by atoms with E-state index in [1.54, 1.807) is 7.05 Å². The van der Waals surface area contributed by atoms with Crippen LogP contribution in [0.1, 0.15) is 71.1 Å². The number of nitrogen functional groups attached to an aromatic ring is 1. The van der Waals surface area contributed by atoms with E-state index in [-0.39, 0.29) is 17.4 Å². The molecule has 0 unspecified atom stereocenters. The third kappa shape index (κ3) is 4.99. The van der Waals surface area contributed by atoms with E-state index in [2.05, 4.69) is 4.98 Å². The van der Waals surface area contributed by atoms with E-state index in [9.17, 15) is 14.4 Å². The van der Waals surface area contributed by atoms with Gasteiger partial charge in [-0.2, -0.15) is 0 Å². The lowest BCUT2D eigenvalue weighted by molar-refractivity contribution is -0.118. The van der Waals surface area contributed by atoms with E-state index in [1.165, 1.54) is 41.6 Å². The molecule has 0 spiro atoms. The number of aromatic nitrogens is 2. The van der Waals surface area contributed by atoms with Gasteiger partial charge < -0.3 is 10.6 Å². The van der Waals surface area contributed by atoms with Gasteiger partial charge in [0.05, 0.1) is 0 Å². The average molecular weight is 364 g/mol. The van der Waals surface area contributed by atoms with Crippen LogP contribution in [0, 0.1) is 5.92 Å². The smallest absolute Gasteiger partial charge is 0.330 e. The molecule has 1 aliphatic carbocycles. The molecule has 7 nitrogen and oxygen atoms in total. The molecule has 1 saturated carbocycles. The van der Waals surface area contributed by atoms with Gasteiger partial charge in [-0.25, -0.2) is 4.79 Å². The van der Waals surface area contributed by atoms with E-state index < -0.39 is 11.2 Å². The van der Waals surface area contributed by atoms with Gasteiger partial charge in [0.15, 0.2) is 5.69 Å². The first-order chi connectivity index (χ1) is 12.5. The van der Waals surface area contributed by atoms with E-state index in [0.29, 0.717) is 13.0 Å². The topological polar surface area (TPSA) is 101 Å². The van der Waals surface area contributed by atoms with Crippen LogP contribution in [0.5, 0.6) is 0 Å². The van der Waals surface area contributed by atoms with Gasteiger partial charge in [-0.05, 0) is 25.2 Å². The fraction of sp³-hybridized carbons (Fsp3) is 0.737. The predicted octanol–water partition coefficient (Wildman–Crippen LogP) is 2.63. The third-order valence-electron chi connectivity index (χ3n) is 5.39. The number of aromatic amines is 1. The van der Waals surface area contributed by atoms with Crippen molar-refractivity contribution < 1.29 is 4.79 Å². The van der Waals surface area contributed by atoms with Crippen LogP contribution < -0.4 is 21.9 Å². The van der Waals surface area contributed by atoms with Gasteiger partial charge in [-0.3, -0.25) is 19.1 Å². The van der Waals surface area contributed by atoms with E-state index >= 15 is 0 Å². The lowest BCUT2D eigenvalue weighted by Crippen LogP contribution is -2.39. The summed E-state index contributed by atoms with van der Waals surface area (Å²) >= 11 is 0. The number of nitrogens with two attached hydrogens (primary N) is 1. The fourth-order valence-electron chi connectivity index (χ4n) is 3.75. The minimum atomic E-state index is -0.608. The summed E-state index contributed by atoms with van der Waals surface area (Å²) in [7, 11) is 1.55. The SMILES string of the molecule is CCCCn1c(N)c(N(C)C(=O)CCCC2CCCCC2)c(=O)[nH]c1=O. The van der Waals surface area contributed by atoms with Gasteiger partial charge in [0, 0.05) is 20.0 Å². The maximum Gasteiger partial charge on any atom is 0.330 e. The van der Waals surface area contributed by atoms with Crippen molar-refractivity contribution in [3.05, 3.63) is 20.8 Å². The molecule has 7 heteroatoms. The Hall–Kier alpha value is -2.05. The largest absolute Gasteiger partial charge is 0.383 e. The minimum Gasteiger partial charge on any atom is -0.383 e. The molecule has 0 radical (unpaired) electrons. The minimum absolute atomic E-state index is 0.0651. The molecule has 0 saturated heterocycles. The van der Waals surface area contributed by atoms with Crippen molar-refractivity contribution in [2.75, 3.05) is 17.7 Å². The van der Waals surface area contributed by atoms with Crippen molar-refractivity contribution in [2.24, 2.45) is 5.92 Å². The lowest BCUT2D eigenvalue weighted by Gasteiger charge is -2.22. The third-order valence-corrected chi connectivity index (χ3v) is 5.39. The number of carbonyl (C=O) groups excluding carboxylic acids is 1. The Labute approximate surface area is 154 Å². The van der Waals surface area contributed by atoms with E-state index in [0.717, 1.165) is 31.6 Å². The molecule has 1 amide bonds. The zero-order valence-electron chi connectivity index (χ0n) is 16.1. The second-order valence-corrected chi connectivity index (χ2v) is 7.35. The van der Waals surface area contributed by atoms with Crippen LogP contribution in [-0.4, -0.2) is 22.5 Å².